The number of ether oxygens (including phenoxy) is 1. The Kier molecular flexibility index (Phi) is 15.2. The van der Waals surface area contributed by atoms with Crippen LogP contribution in [0.25, 0.3) is 0 Å². The van der Waals surface area contributed by atoms with Gasteiger partial charge in [0, 0.05) is 24.7 Å². The smallest absolute Gasteiger partial charge is 0.302 e. The molecule has 0 radical (unpaired) electrons. The van der Waals surface area contributed by atoms with Crippen LogP contribution in [0.4, 0.5) is 0 Å². The summed E-state index contributed by atoms with van der Waals surface area (Å²) in [6.45, 7) is 25.8. The Labute approximate surface area is 256 Å². The molecule has 0 saturated carbocycles. The second-order valence-corrected chi connectivity index (χ2v) is 12.2. The van der Waals surface area contributed by atoms with Gasteiger partial charge in [0.2, 0.25) is 0 Å². The fourth-order valence-corrected chi connectivity index (χ4v) is 5.15. The van der Waals surface area contributed by atoms with Crippen LogP contribution in [-0.2, 0) is 9.53 Å². The summed E-state index contributed by atoms with van der Waals surface area (Å²) in [5.41, 5.74) is 11.4. The third-order valence-corrected chi connectivity index (χ3v) is 8.25. The molecule has 0 amide bonds. The molecule has 0 fully saturated rings. The van der Waals surface area contributed by atoms with Gasteiger partial charge >= 0.3 is 5.97 Å². The van der Waals surface area contributed by atoms with Crippen molar-refractivity contribution in [3.05, 3.63) is 105 Å². The molecule has 42 heavy (non-hydrogen) atoms. The van der Waals surface area contributed by atoms with E-state index >= 15 is 0 Å². The molecule has 0 aliphatic carbocycles. The number of rotatable bonds is 7. The van der Waals surface area contributed by atoms with Crippen molar-refractivity contribution >= 4 is 5.97 Å². The molecule has 0 aromatic heterocycles. The molecule has 3 rings (SSSR count). The van der Waals surface area contributed by atoms with Gasteiger partial charge < -0.3 is 14.9 Å². The largest absolute Gasteiger partial charge is 0.462 e. The Bertz CT molecular complexity index is 1210. The van der Waals surface area contributed by atoms with E-state index in [-0.39, 0.29) is 42.0 Å². The zero-order chi connectivity index (χ0) is 32.3. The molecule has 6 atom stereocenters. The normalized spacial score (nSPS) is 15.0. The van der Waals surface area contributed by atoms with Crippen LogP contribution < -0.4 is 0 Å². The molecule has 4 nitrogen and oxygen atoms in total. The summed E-state index contributed by atoms with van der Waals surface area (Å²) >= 11 is 0. The number of carbonyl (C=O) groups excluding carboxylic acids is 1. The van der Waals surface area contributed by atoms with Gasteiger partial charge in [-0.1, -0.05) is 92.1 Å². The lowest BCUT2D eigenvalue weighted by Crippen LogP contribution is -2.19. The Hall–Kier alpha value is -2.95. The molecule has 0 heterocycles. The van der Waals surface area contributed by atoms with Gasteiger partial charge in [-0.3, -0.25) is 4.79 Å². The van der Waals surface area contributed by atoms with E-state index in [9.17, 15) is 15.0 Å². The zero-order valence-corrected chi connectivity index (χ0v) is 28.4. The Morgan fingerprint density at radius 1 is 0.548 bits per heavy atom. The lowest BCUT2D eigenvalue weighted by molar-refractivity contribution is -0.146. The first kappa shape index (κ1) is 37.1. The SMILES string of the molecule is CC(=O)O[C@H](C)[C@H](C)c1ccc(C)cc1C.Cc1ccc([C@H](C)[C@H](C)O)c(C)c1.Cc1ccc([C@H](C)[C@H](C)O)c(C)c1. The maximum absolute atomic E-state index is 10.9. The lowest BCUT2D eigenvalue weighted by atomic mass is 9.91. The molecule has 0 unspecified atom stereocenters. The summed E-state index contributed by atoms with van der Waals surface area (Å²) in [6.07, 6.45) is -0.637. The summed E-state index contributed by atoms with van der Waals surface area (Å²) in [5.74, 6) is 0.454. The minimum Gasteiger partial charge on any atom is -0.462 e. The van der Waals surface area contributed by atoms with Gasteiger partial charge in [0.1, 0.15) is 6.10 Å². The first-order valence-electron chi connectivity index (χ1n) is 15.2. The van der Waals surface area contributed by atoms with Crippen LogP contribution in [0.5, 0.6) is 0 Å². The molecule has 0 aliphatic rings. The van der Waals surface area contributed by atoms with Crippen LogP contribution in [-0.4, -0.2) is 34.5 Å². The number of benzene rings is 3. The summed E-state index contributed by atoms with van der Waals surface area (Å²) < 4.78 is 5.21. The highest BCUT2D eigenvalue weighted by atomic mass is 16.5. The first-order chi connectivity index (χ1) is 19.5. The molecule has 4 heteroatoms. The van der Waals surface area contributed by atoms with Crippen LogP contribution in [0.3, 0.4) is 0 Å². The lowest BCUT2D eigenvalue weighted by Gasteiger charge is -2.22. The average molecular weight is 577 g/mol. The third-order valence-electron chi connectivity index (χ3n) is 8.25. The molecule has 0 aliphatic heterocycles. The molecular weight excluding hydrogens is 520 g/mol. The van der Waals surface area contributed by atoms with Gasteiger partial charge in [-0.15, -0.1) is 0 Å². The maximum Gasteiger partial charge on any atom is 0.302 e. The van der Waals surface area contributed by atoms with Gasteiger partial charge in [-0.05, 0) is 95.7 Å². The van der Waals surface area contributed by atoms with E-state index in [4.69, 9.17) is 4.74 Å². The van der Waals surface area contributed by atoms with Crippen molar-refractivity contribution in [2.75, 3.05) is 0 Å². The van der Waals surface area contributed by atoms with Crippen molar-refractivity contribution in [2.24, 2.45) is 0 Å². The van der Waals surface area contributed by atoms with Crippen LogP contribution in [0.2, 0.25) is 0 Å². The minimum absolute atomic E-state index is 0.0843. The number of aliphatic hydroxyl groups is 2. The van der Waals surface area contributed by atoms with Crippen molar-refractivity contribution < 1.29 is 19.7 Å². The zero-order valence-electron chi connectivity index (χ0n) is 28.4. The Balaban J connectivity index is 0.000000318. The summed E-state index contributed by atoms with van der Waals surface area (Å²) in [4.78, 5) is 10.9. The number of aryl methyl sites for hydroxylation is 6. The topological polar surface area (TPSA) is 66.8 Å². The standard InChI is InChI=1S/C14H20O2.2C12H18O/c1-9-6-7-14(10(2)8-9)11(3)12(4)16-13(5)15;2*1-8-5-6-12(9(2)7-8)10(3)11(4)13/h6-8,11-12H,1-5H3;2*5-7,10-11,13H,1-4H3/t11-,12+;2*10-,11+/m011/s1. The predicted octanol–water partition coefficient (Wildman–Crippen LogP) is 8.93. The molecule has 2 N–H and O–H groups in total. The van der Waals surface area contributed by atoms with Gasteiger partial charge in [0.15, 0.2) is 0 Å². The van der Waals surface area contributed by atoms with Crippen LogP contribution >= 0.6 is 0 Å². The van der Waals surface area contributed by atoms with Crippen molar-refractivity contribution in [3.8, 4) is 0 Å². The first-order valence-corrected chi connectivity index (χ1v) is 15.2. The summed E-state index contributed by atoms with van der Waals surface area (Å²) in [5, 5.41) is 18.9. The van der Waals surface area contributed by atoms with E-state index in [0.29, 0.717) is 0 Å². The molecule has 3 aromatic carbocycles. The van der Waals surface area contributed by atoms with Crippen molar-refractivity contribution in [1.82, 2.24) is 0 Å². The number of hydrogen-bond donors (Lipinski definition) is 2. The fraction of sp³-hybridized carbons (Fsp3) is 0.500. The average Bonchev–Trinajstić information content (AvgIpc) is 2.88. The molecule has 232 valence electrons. The van der Waals surface area contributed by atoms with Crippen LogP contribution in [0.1, 0.15) is 116 Å². The van der Waals surface area contributed by atoms with E-state index < -0.39 is 0 Å². The molecule has 0 saturated heterocycles. The van der Waals surface area contributed by atoms with E-state index in [0.717, 1.165) is 0 Å². The van der Waals surface area contributed by atoms with Gasteiger partial charge in [-0.2, -0.15) is 0 Å². The minimum atomic E-state index is -0.276. The summed E-state index contributed by atoms with van der Waals surface area (Å²) in [7, 11) is 0. The predicted molar refractivity (Wildman–Crippen MR) is 178 cm³/mol. The molecule has 0 spiro atoms. The Morgan fingerprint density at radius 3 is 1.07 bits per heavy atom. The second kappa shape index (κ2) is 17.2. The van der Waals surface area contributed by atoms with E-state index in [1.807, 2.05) is 20.8 Å². The molecule has 0 bridgehead atoms. The van der Waals surface area contributed by atoms with Crippen LogP contribution in [0, 0.1) is 41.5 Å². The van der Waals surface area contributed by atoms with Gasteiger partial charge in [-0.25, -0.2) is 0 Å². The van der Waals surface area contributed by atoms with Gasteiger partial charge in [0.05, 0.1) is 12.2 Å². The quantitative estimate of drug-likeness (QED) is 0.276. The number of hydrogen-bond acceptors (Lipinski definition) is 4. The van der Waals surface area contributed by atoms with Crippen molar-refractivity contribution in [2.45, 2.75) is 126 Å². The number of carbonyl (C=O) groups is 1. The highest BCUT2D eigenvalue weighted by Gasteiger charge is 2.18. The number of esters is 1. The van der Waals surface area contributed by atoms with E-state index in [1.54, 1.807) is 0 Å². The molecular formula is C38H56O4. The van der Waals surface area contributed by atoms with Crippen molar-refractivity contribution in [3.63, 3.8) is 0 Å². The van der Waals surface area contributed by atoms with Crippen LogP contribution in [0.15, 0.2) is 54.6 Å². The third kappa shape index (κ3) is 11.7. The maximum atomic E-state index is 10.9. The second-order valence-electron chi connectivity index (χ2n) is 12.2. The summed E-state index contributed by atoms with van der Waals surface area (Å²) in [6, 6.07) is 19.1. The van der Waals surface area contributed by atoms with E-state index in [2.05, 4.69) is 117 Å². The highest BCUT2D eigenvalue weighted by Crippen LogP contribution is 2.26. The Morgan fingerprint density at radius 2 is 0.833 bits per heavy atom. The fourth-order valence-electron chi connectivity index (χ4n) is 5.15. The number of aliphatic hydroxyl groups excluding tert-OH is 2. The van der Waals surface area contributed by atoms with Gasteiger partial charge in [0.25, 0.3) is 0 Å². The van der Waals surface area contributed by atoms with Crippen molar-refractivity contribution in [1.29, 1.82) is 0 Å². The van der Waals surface area contributed by atoms with E-state index in [1.165, 1.54) is 57.0 Å². The molecule has 3 aromatic rings. The monoisotopic (exact) mass is 576 g/mol. The highest BCUT2D eigenvalue weighted by molar-refractivity contribution is 5.66.